The fourth-order valence-corrected chi connectivity index (χ4v) is 15.8. The third kappa shape index (κ3) is 5.78. The highest BCUT2D eigenvalue weighted by atomic mass is 28.3. The van der Waals surface area contributed by atoms with Gasteiger partial charge in [0.2, 0.25) is 0 Å². The molecule has 0 unspecified atom stereocenters. The summed E-state index contributed by atoms with van der Waals surface area (Å²) in [5.41, 5.74) is 12.9. The predicted molar refractivity (Wildman–Crippen MR) is 271 cm³/mol. The van der Waals surface area contributed by atoms with Crippen LogP contribution in [0, 0.1) is 0 Å². The lowest BCUT2D eigenvalue weighted by Crippen LogP contribution is -2.76. The minimum Gasteiger partial charge on any atom is -0.456 e. The Balaban J connectivity index is 1.06. The third-order valence-electron chi connectivity index (χ3n) is 13.8. The van der Waals surface area contributed by atoms with Crippen molar-refractivity contribution in [2.75, 3.05) is 4.90 Å². The van der Waals surface area contributed by atoms with Gasteiger partial charge in [-0.05, 0) is 89.8 Å². The van der Waals surface area contributed by atoms with Crippen molar-refractivity contribution in [3.63, 3.8) is 0 Å². The van der Waals surface area contributed by atoms with Crippen molar-refractivity contribution >= 4 is 56.7 Å². The fourth-order valence-electron chi connectivity index (χ4n) is 10.8. The number of rotatable bonds is 7. The standard InChI is InChI=1S/C61H45NOSi/c1-61(2)53-29-15-14-27-52(53)58-54(61)40-41-57-60(58)63-59-51(28-17-31-56(59)64(57,48-22-8-4-9-23-48)49-24-10-5-11-25-49)45-34-38-47(39-35-45)62(55-30-16-21-44-20-12-13-26-50(44)55)46-36-32-43(33-37-46)42-18-6-3-7-19-42/h3-41H,1-2H3. The van der Waals surface area contributed by atoms with Crippen LogP contribution in [-0.4, -0.2) is 8.07 Å². The molecule has 0 atom stereocenters. The van der Waals surface area contributed by atoms with Crippen LogP contribution in [0.25, 0.3) is 44.2 Å². The maximum atomic E-state index is 7.59. The van der Waals surface area contributed by atoms with E-state index in [2.05, 4.69) is 255 Å². The van der Waals surface area contributed by atoms with Crippen LogP contribution in [-0.2, 0) is 5.41 Å². The molecule has 0 saturated carbocycles. The first-order valence-electron chi connectivity index (χ1n) is 22.3. The van der Waals surface area contributed by atoms with Crippen LogP contribution in [0.5, 0.6) is 11.5 Å². The first-order valence-corrected chi connectivity index (χ1v) is 24.3. The van der Waals surface area contributed by atoms with Crippen LogP contribution in [0.15, 0.2) is 237 Å². The average Bonchev–Trinajstić information content (AvgIpc) is 3.60. The summed E-state index contributed by atoms with van der Waals surface area (Å²) in [5.74, 6) is 1.94. The van der Waals surface area contributed by atoms with Crippen LogP contribution in [0.2, 0.25) is 0 Å². The Labute approximate surface area is 376 Å². The predicted octanol–water partition coefficient (Wildman–Crippen LogP) is 13.4. The molecule has 0 aromatic heterocycles. The number of hydrogen-bond acceptors (Lipinski definition) is 2. The van der Waals surface area contributed by atoms with E-state index < -0.39 is 8.07 Å². The lowest BCUT2D eigenvalue weighted by molar-refractivity contribution is 0.489. The van der Waals surface area contributed by atoms with Gasteiger partial charge in [-0.3, -0.25) is 0 Å². The number of para-hydroxylation sites is 1. The van der Waals surface area contributed by atoms with E-state index >= 15 is 0 Å². The Bertz CT molecular complexity index is 3320. The first kappa shape index (κ1) is 38.0. The number of hydrogen-bond donors (Lipinski definition) is 0. The van der Waals surface area contributed by atoms with Gasteiger partial charge in [0.1, 0.15) is 11.5 Å². The van der Waals surface area contributed by atoms with Crippen LogP contribution in [0.4, 0.5) is 17.1 Å². The molecule has 0 spiro atoms. The summed E-state index contributed by atoms with van der Waals surface area (Å²) in [4.78, 5) is 2.39. The van der Waals surface area contributed by atoms with Gasteiger partial charge < -0.3 is 9.64 Å². The van der Waals surface area contributed by atoms with E-state index in [-0.39, 0.29) is 5.41 Å². The second kappa shape index (κ2) is 15.0. The van der Waals surface area contributed by atoms with Gasteiger partial charge in [0.05, 0.1) is 5.69 Å². The molecule has 1 heterocycles. The average molecular weight is 836 g/mol. The molecule has 2 nitrogen and oxygen atoms in total. The molecule has 64 heavy (non-hydrogen) atoms. The van der Waals surface area contributed by atoms with Crippen molar-refractivity contribution in [3.8, 4) is 44.9 Å². The summed E-state index contributed by atoms with van der Waals surface area (Å²) in [5, 5.41) is 7.65. The summed E-state index contributed by atoms with van der Waals surface area (Å²) in [7, 11) is -2.96. The Morgan fingerprint density at radius 2 is 0.922 bits per heavy atom. The minimum atomic E-state index is -2.96. The zero-order valence-electron chi connectivity index (χ0n) is 35.9. The molecule has 0 bridgehead atoms. The highest BCUT2D eigenvalue weighted by Crippen LogP contribution is 2.54. The Morgan fingerprint density at radius 3 is 1.62 bits per heavy atom. The molecule has 0 fully saturated rings. The molecule has 0 radical (unpaired) electrons. The van der Waals surface area contributed by atoms with E-state index in [4.69, 9.17) is 4.74 Å². The van der Waals surface area contributed by atoms with E-state index in [0.717, 1.165) is 39.7 Å². The number of benzene rings is 10. The Hall–Kier alpha value is -7.72. The van der Waals surface area contributed by atoms with Gasteiger partial charge >= 0.3 is 0 Å². The third-order valence-corrected chi connectivity index (χ3v) is 18.6. The van der Waals surface area contributed by atoms with E-state index in [1.54, 1.807) is 0 Å². The summed E-state index contributed by atoms with van der Waals surface area (Å²) >= 11 is 0. The molecular formula is C61H45NOSi. The van der Waals surface area contributed by atoms with Crippen molar-refractivity contribution in [1.82, 2.24) is 0 Å². The highest BCUT2D eigenvalue weighted by molar-refractivity contribution is 7.21. The zero-order valence-corrected chi connectivity index (χ0v) is 36.9. The van der Waals surface area contributed by atoms with Gasteiger partial charge in [0.15, 0.2) is 8.07 Å². The summed E-state index contributed by atoms with van der Waals surface area (Å²) in [6.07, 6.45) is 0. The first-order chi connectivity index (χ1) is 31.5. The van der Waals surface area contributed by atoms with Crippen molar-refractivity contribution in [2.24, 2.45) is 0 Å². The lowest BCUT2D eigenvalue weighted by atomic mass is 9.82. The van der Waals surface area contributed by atoms with Crippen molar-refractivity contribution in [3.05, 3.63) is 248 Å². The second-order valence-corrected chi connectivity index (χ2v) is 21.3. The van der Waals surface area contributed by atoms with Crippen molar-refractivity contribution < 1.29 is 4.74 Å². The lowest BCUT2D eigenvalue weighted by Gasteiger charge is -2.41. The fraction of sp³-hybridized carbons (Fsp3) is 0.0492. The van der Waals surface area contributed by atoms with E-state index in [1.807, 2.05) is 0 Å². The van der Waals surface area contributed by atoms with E-state index in [0.29, 0.717) is 0 Å². The largest absolute Gasteiger partial charge is 0.456 e. The van der Waals surface area contributed by atoms with Crippen LogP contribution < -0.4 is 30.4 Å². The molecule has 0 saturated heterocycles. The Kier molecular flexibility index (Phi) is 8.89. The maximum absolute atomic E-state index is 7.59. The number of ether oxygens (including phenoxy) is 1. The van der Waals surface area contributed by atoms with Gasteiger partial charge in [0.25, 0.3) is 0 Å². The van der Waals surface area contributed by atoms with Crippen LogP contribution in [0.1, 0.15) is 25.0 Å². The maximum Gasteiger partial charge on any atom is 0.188 e. The molecule has 304 valence electrons. The molecule has 0 amide bonds. The highest BCUT2D eigenvalue weighted by Gasteiger charge is 2.51. The summed E-state index contributed by atoms with van der Waals surface area (Å²) < 4.78 is 7.59. The van der Waals surface area contributed by atoms with Crippen LogP contribution >= 0.6 is 0 Å². The van der Waals surface area contributed by atoms with Gasteiger partial charge in [-0.1, -0.05) is 220 Å². The molecule has 0 N–H and O–H groups in total. The molecule has 2 aliphatic rings. The molecular weight excluding hydrogens is 791 g/mol. The van der Waals surface area contributed by atoms with E-state index in [1.165, 1.54) is 64.9 Å². The topological polar surface area (TPSA) is 12.5 Å². The molecule has 1 aliphatic heterocycles. The van der Waals surface area contributed by atoms with Crippen molar-refractivity contribution in [1.29, 1.82) is 0 Å². The van der Waals surface area contributed by atoms with Crippen LogP contribution in [0.3, 0.4) is 0 Å². The van der Waals surface area contributed by atoms with E-state index in [9.17, 15) is 0 Å². The monoisotopic (exact) mass is 835 g/mol. The number of nitrogens with zero attached hydrogens (tertiary/aromatic N) is 1. The SMILES string of the molecule is CC1(C)c2ccccc2-c2c1ccc1c2Oc2c(-c3ccc(N(c4ccc(-c5ccccc5)cc4)c4cccc5ccccc45)cc3)cccc2[Si]1(c1ccccc1)c1ccccc1. The molecule has 10 aromatic carbocycles. The molecule has 1 aliphatic carbocycles. The summed E-state index contributed by atoms with van der Waals surface area (Å²) in [6.45, 7) is 4.71. The normalized spacial score (nSPS) is 13.8. The van der Waals surface area contributed by atoms with Crippen molar-refractivity contribution in [2.45, 2.75) is 19.3 Å². The molecule has 12 rings (SSSR count). The zero-order chi connectivity index (χ0) is 42.8. The minimum absolute atomic E-state index is 0.165. The van der Waals surface area contributed by atoms with Gasteiger partial charge in [-0.15, -0.1) is 0 Å². The second-order valence-electron chi connectivity index (χ2n) is 17.6. The quantitative estimate of drug-likeness (QED) is 0.148. The Morgan fingerprint density at radius 1 is 0.391 bits per heavy atom. The van der Waals surface area contributed by atoms with Gasteiger partial charge in [0, 0.05) is 33.3 Å². The number of fused-ring (bicyclic) bond motifs is 7. The van der Waals surface area contributed by atoms with Gasteiger partial charge in [-0.25, -0.2) is 0 Å². The smallest absolute Gasteiger partial charge is 0.188 e. The molecule has 10 aromatic rings. The van der Waals surface area contributed by atoms with Gasteiger partial charge in [-0.2, -0.15) is 0 Å². The summed E-state index contributed by atoms with van der Waals surface area (Å²) in [6, 6.07) is 86.9. The number of anilines is 3. The molecule has 3 heteroatoms.